The van der Waals surface area contributed by atoms with Crippen LogP contribution in [-0.2, 0) is 17.6 Å². The third kappa shape index (κ3) is 2.17. The van der Waals surface area contributed by atoms with Crippen molar-refractivity contribution >= 4 is 49.8 Å². The van der Waals surface area contributed by atoms with Crippen LogP contribution in [-0.4, -0.2) is 41.7 Å². The van der Waals surface area contributed by atoms with E-state index in [1.54, 1.807) is 11.3 Å². The van der Waals surface area contributed by atoms with E-state index in [9.17, 15) is 0 Å². The van der Waals surface area contributed by atoms with Crippen molar-refractivity contribution in [2.75, 3.05) is 31.2 Å². The molecule has 2 aliphatic rings. The van der Waals surface area contributed by atoms with Gasteiger partial charge in [-0.3, -0.25) is 10.00 Å². The van der Waals surface area contributed by atoms with Crippen LogP contribution in [0.5, 0.6) is 0 Å². The summed E-state index contributed by atoms with van der Waals surface area (Å²) in [6.45, 7) is 3.48. The number of aromatic amines is 2. The number of nitrogens with zero attached hydrogens (tertiary/aromatic N) is 3. The van der Waals surface area contributed by atoms with E-state index in [1.165, 1.54) is 40.0 Å². The lowest BCUT2D eigenvalue weighted by Crippen LogP contribution is -2.40. The van der Waals surface area contributed by atoms with Crippen LogP contribution in [0, 0.1) is 4.64 Å². The first kappa shape index (κ1) is 14.7. The van der Waals surface area contributed by atoms with E-state index in [4.69, 9.17) is 17.0 Å². The first-order chi connectivity index (χ1) is 11.8. The summed E-state index contributed by atoms with van der Waals surface area (Å²) >= 11 is 7.07. The average molecular weight is 360 g/mol. The molecule has 0 bridgehead atoms. The van der Waals surface area contributed by atoms with E-state index >= 15 is 0 Å². The van der Waals surface area contributed by atoms with E-state index < -0.39 is 0 Å². The molecule has 1 aliphatic carbocycles. The summed E-state index contributed by atoms with van der Waals surface area (Å²) in [5, 5.41) is 12.3. The van der Waals surface area contributed by atoms with E-state index in [2.05, 4.69) is 25.3 Å². The van der Waals surface area contributed by atoms with Crippen molar-refractivity contribution in [1.82, 2.24) is 15.4 Å². The Balaban J connectivity index is 1.83. The van der Waals surface area contributed by atoms with E-state index in [-0.39, 0.29) is 0 Å². The third-order valence-corrected chi connectivity index (χ3v) is 6.55. The number of ether oxygens (including phenoxy) is 1. The van der Waals surface area contributed by atoms with Crippen molar-refractivity contribution in [3.05, 3.63) is 15.8 Å². The predicted octanol–water partition coefficient (Wildman–Crippen LogP) is 2.43. The standard InChI is InChI=1S/C16H17N5OS2/c23-15-13-12(18-20-19-15)11-9-3-1-2-4-10(9)14(17-16(11)24-13)21-5-7-22-8-6-21/h1-8H2,(H,18,19,23)/p+1. The van der Waals surface area contributed by atoms with Gasteiger partial charge >= 0.3 is 0 Å². The molecule has 0 atom stereocenters. The first-order valence-electron chi connectivity index (χ1n) is 8.40. The highest BCUT2D eigenvalue weighted by atomic mass is 32.1. The Morgan fingerprint density at radius 3 is 2.79 bits per heavy atom. The summed E-state index contributed by atoms with van der Waals surface area (Å²) in [4.78, 5) is 7.32. The van der Waals surface area contributed by atoms with Crippen molar-refractivity contribution in [2.24, 2.45) is 0 Å². The largest absolute Gasteiger partial charge is 0.373 e. The number of rotatable bonds is 1. The molecule has 3 aromatic rings. The van der Waals surface area contributed by atoms with Gasteiger partial charge in [0, 0.05) is 5.56 Å². The molecule has 6 nitrogen and oxygen atoms in total. The van der Waals surface area contributed by atoms with Crippen LogP contribution in [0.2, 0.25) is 0 Å². The molecule has 0 aromatic carbocycles. The fraction of sp³-hybridized carbons (Fsp3) is 0.500. The monoisotopic (exact) mass is 360 g/mol. The zero-order chi connectivity index (χ0) is 16.1. The maximum atomic E-state index is 5.53. The van der Waals surface area contributed by atoms with Crippen LogP contribution in [0.4, 0.5) is 5.82 Å². The Labute approximate surface area is 147 Å². The minimum absolute atomic E-state index is 0.579. The summed E-state index contributed by atoms with van der Waals surface area (Å²) in [6, 6.07) is 0. The second-order valence-electron chi connectivity index (χ2n) is 6.36. The SMILES string of the molecule is S=c1nn[nH]c2c1sc1[nH+]c(N3CCOCC3)c3c(c12)CCCC3. The normalized spacial score (nSPS) is 18.2. The number of aromatic nitrogens is 4. The number of hydrogen-bond acceptors (Lipinski definition) is 6. The molecule has 5 rings (SSSR count). The van der Waals surface area contributed by atoms with Crippen molar-refractivity contribution < 1.29 is 9.72 Å². The lowest BCUT2D eigenvalue weighted by molar-refractivity contribution is -0.328. The lowest BCUT2D eigenvalue weighted by Gasteiger charge is -2.25. The zero-order valence-corrected chi connectivity index (χ0v) is 14.9. The number of thiophene rings is 1. The van der Waals surface area contributed by atoms with Gasteiger partial charge in [-0.1, -0.05) is 28.8 Å². The van der Waals surface area contributed by atoms with Crippen LogP contribution in [0.1, 0.15) is 24.0 Å². The van der Waals surface area contributed by atoms with Crippen molar-refractivity contribution in [1.29, 1.82) is 0 Å². The molecular formula is C16H18N5OS2+. The van der Waals surface area contributed by atoms with Gasteiger partial charge in [-0.2, -0.15) is 0 Å². The molecule has 124 valence electrons. The maximum absolute atomic E-state index is 5.53. The van der Waals surface area contributed by atoms with Gasteiger partial charge in [0.2, 0.25) is 0 Å². The van der Waals surface area contributed by atoms with Crippen LogP contribution >= 0.6 is 23.6 Å². The summed E-state index contributed by atoms with van der Waals surface area (Å²) in [7, 11) is 0. The molecule has 0 spiro atoms. The van der Waals surface area contributed by atoms with Gasteiger partial charge in [-0.05, 0) is 31.2 Å². The van der Waals surface area contributed by atoms with Crippen molar-refractivity contribution in [3.8, 4) is 0 Å². The molecule has 0 unspecified atom stereocenters. The van der Waals surface area contributed by atoms with Crippen LogP contribution in [0.15, 0.2) is 0 Å². The highest BCUT2D eigenvalue weighted by molar-refractivity contribution is 7.71. The van der Waals surface area contributed by atoms with Gasteiger partial charge in [0.1, 0.15) is 13.1 Å². The number of fused-ring (bicyclic) bond motifs is 5. The second-order valence-corrected chi connectivity index (χ2v) is 7.77. The van der Waals surface area contributed by atoms with E-state index in [1.807, 2.05) is 0 Å². The second kappa shape index (κ2) is 5.72. The van der Waals surface area contributed by atoms with E-state index in [0.29, 0.717) is 4.64 Å². The molecule has 1 saturated heterocycles. The van der Waals surface area contributed by atoms with Crippen molar-refractivity contribution in [2.45, 2.75) is 25.7 Å². The van der Waals surface area contributed by atoms with Gasteiger partial charge in [0.05, 0.1) is 28.8 Å². The molecule has 8 heteroatoms. The summed E-state index contributed by atoms with van der Waals surface area (Å²) < 4.78 is 7.13. The minimum Gasteiger partial charge on any atom is -0.373 e. The highest BCUT2D eigenvalue weighted by Crippen LogP contribution is 2.39. The number of anilines is 1. The van der Waals surface area contributed by atoms with Crippen LogP contribution in [0.3, 0.4) is 0 Å². The van der Waals surface area contributed by atoms with E-state index in [0.717, 1.165) is 49.4 Å². The van der Waals surface area contributed by atoms with Crippen molar-refractivity contribution in [3.63, 3.8) is 0 Å². The highest BCUT2D eigenvalue weighted by Gasteiger charge is 2.30. The molecule has 0 radical (unpaired) electrons. The lowest BCUT2D eigenvalue weighted by atomic mass is 9.90. The fourth-order valence-corrected chi connectivity index (χ4v) is 5.24. The summed E-state index contributed by atoms with van der Waals surface area (Å²) in [5.41, 5.74) is 3.96. The van der Waals surface area contributed by atoms with Gasteiger partial charge in [-0.15, -0.1) is 5.10 Å². The predicted molar refractivity (Wildman–Crippen MR) is 96.3 cm³/mol. The third-order valence-electron chi connectivity index (χ3n) is 5.02. The van der Waals surface area contributed by atoms with Crippen LogP contribution < -0.4 is 9.88 Å². The Hall–Kier alpha value is -1.64. The Kier molecular flexibility index (Phi) is 3.50. The fourth-order valence-electron chi connectivity index (χ4n) is 3.91. The molecule has 3 aromatic heterocycles. The molecule has 24 heavy (non-hydrogen) atoms. The average Bonchev–Trinajstić information content (AvgIpc) is 3.02. The Bertz CT molecular complexity index is 989. The number of pyridine rings is 1. The zero-order valence-electron chi connectivity index (χ0n) is 13.2. The number of aryl methyl sites for hydroxylation is 1. The maximum Gasteiger partial charge on any atom is 0.279 e. The number of H-pyrrole nitrogens is 2. The quantitative estimate of drug-likeness (QED) is 0.675. The molecule has 2 N–H and O–H groups in total. The number of nitrogens with one attached hydrogen (secondary N) is 2. The molecular weight excluding hydrogens is 342 g/mol. The first-order valence-corrected chi connectivity index (χ1v) is 9.62. The van der Waals surface area contributed by atoms with Gasteiger partial charge in [0.25, 0.3) is 5.82 Å². The topological polar surface area (TPSA) is 68.2 Å². The molecule has 1 fully saturated rings. The number of hydrogen-bond donors (Lipinski definition) is 1. The van der Waals surface area contributed by atoms with Crippen LogP contribution in [0.25, 0.3) is 20.4 Å². The van der Waals surface area contributed by atoms with Gasteiger partial charge < -0.3 is 4.74 Å². The minimum atomic E-state index is 0.579. The summed E-state index contributed by atoms with van der Waals surface area (Å²) in [5.74, 6) is 1.28. The summed E-state index contributed by atoms with van der Waals surface area (Å²) in [6.07, 6.45) is 4.74. The molecule has 1 aliphatic heterocycles. The Morgan fingerprint density at radius 1 is 1.17 bits per heavy atom. The molecule has 0 saturated carbocycles. The Morgan fingerprint density at radius 2 is 1.96 bits per heavy atom. The van der Waals surface area contributed by atoms with Gasteiger partial charge in [-0.25, -0.2) is 4.98 Å². The smallest absolute Gasteiger partial charge is 0.279 e. The van der Waals surface area contributed by atoms with Gasteiger partial charge in [0.15, 0.2) is 9.47 Å². The molecule has 4 heterocycles. The number of morpholine rings is 1. The molecule has 0 amide bonds.